The fraction of sp³-hybridized carbons (Fsp3) is 1.00. The fourth-order valence-electron chi connectivity index (χ4n) is 2.81. The van der Waals surface area contributed by atoms with Crippen molar-refractivity contribution in [2.45, 2.75) is 121 Å². The molecule has 2 aliphatic rings. The third-order valence-electron chi connectivity index (χ3n) is 4.69. The molecule has 2 saturated carbocycles. The molecule has 0 N–H and O–H groups in total. The van der Waals surface area contributed by atoms with E-state index in [0.29, 0.717) is 5.41 Å². The van der Waals surface area contributed by atoms with Crippen molar-refractivity contribution in [3.05, 3.63) is 0 Å². The van der Waals surface area contributed by atoms with Gasteiger partial charge in [-0.1, -0.05) is 114 Å². The topological polar surface area (TPSA) is 0 Å². The van der Waals surface area contributed by atoms with E-state index in [1.54, 1.807) is 0 Å². The van der Waals surface area contributed by atoms with Gasteiger partial charge in [-0.3, -0.25) is 0 Å². The minimum atomic E-state index is 0.653. The highest BCUT2D eigenvalue weighted by Crippen LogP contribution is 2.41. The minimum Gasteiger partial charge on any atom is -0.0683 e. The summed E-state index contributed by atoms with van der Waals surface area (Å²) in [6.07, 6.45) is 11.8. The van der Waals surface area contributed by atoms with Crippen LogP contribution in [0.15, 0.2) is 0 Å². The van der Waals surface area contributed by atoms with Gasteiger partial charge in [0.25, 0.3) is 0 Å². The van der Waals surface area contributed by atoms with E-state index in [1.807, 2.05) is 41.5 Å². The van der Waals surface area contributed by atoms with Crippen LogP contribution in [0.1, 0.15) is 121 Å². The van der Waals surface area contributed by atoms with Gasteiger partial charge in [-0.05, 0) is 23.7 Å². The van der Waals surface area contributed by atoms with Crippen LogP contribution >= 0.6 is 0 Å². The molecule has 1 unspecified atom stereocenters. The summed E-state index contributed by atoms with van der Waals surface area (Å²) < 4.78 is 0. The number of hydrogen-bond acceptors (Lipinski definition) is 0. The third kappa shape index (κ3) is 14.7. The Balaban J connectivity index is -0.000000229. The van der Waals surface area contributed by atoms with E-state index >= 15 is 0 Å². The number of hydrogen-bond donors (Lipinski definition) is 0. The first-order valence-corrected chi connectivity index (χ1v) is 10.0. The predicted molar refractivity (Wildman–Crippen MR) is 103 cm³/mol. The van der Waals surface area contributed by atoms with Crippen molar-refractivity contribution >= 4 is 0 Å². The fourth-order valence-corrected chi connectivity index (χ4v) is 2.81. The standard InChI is InChI=1S/C8H16.C7H14.3C2H6/c1-7-5-4-6-8(7,2)3;1-7-5-3-2-4-6-7;3*1-2/h7H,4-6H2,1-3H3;7H,2-6H2,1H3;3*1-2H3. The number of rotatable bonds is 0. The average molecular weight is 301 g/mol. The molecule has 21 heavy (non-hydrogen) atoms. The Kier molecular flexibility index (Phi) is 22.3. The molecule has 132 valence electrons. The molecule has 2 aliphatic carbocycles. The zero-order valence-electron chi connectivity index (χ0n) is 17.3. The van der Waals surface area contributed by atoms with Crippen molar-refractivity contribution in [2.75, 3.05) is 0 Å². The lowest BCUT2D eigenvalue weighted by Crippen LogP contribution is -2.13. The summed E-state index contributed by atoms with van der Waals surface area (Å²) in [5, 5.41) is 0. The Morgan fingerprint density at radius 3 is 1.19 bits per heavy atom. The van der Waals surface area contributed by atoms with Crippen molar-refractivity contribution < 1.29 is 0 Å². The molecule has 0 spiro atoms. The molecular formula is C21H48. The molecule has 0 bridgehead atoms. The summed E-state index contributed by atoms with van der Waals surface area (Å²) in [7, 11) is 0. The maximum absolute atomic E-state index is 2.38. The molecule has 0 heteroatoms. The molecule has 0 saturated heterocycles. The van der Waals surface area contributed by atoms with Crippen LogP contribution in [0.5, 0.6) is 0 Å². The van der Waals surface area contributed by atoms with Gasteiger partial charge in [0.1, 0.15) is 0 Å². The molecule has 0 aromatic heterocycles. The Bertz CT molecular complexity index is 163. The highest BCUT2D eigenvalue weighted by Gasteiger charge is 2.30. The van der Waals surface area contributed by atoms with Gasteiger partial charge in [-0.25, -0.2) is 0 Å². The predicted octanol–water partition coefficient (Wildman–Crippen LogP) is 8.50. The molecule has 0 heterocycles. The SMILES string of the molecule is CC.CC.CC.CC1CCCC1(C)C.CC1CCCCC1. The largest absolute Gasteiger partial charge is 0.0683 e. The third-order valence-corrected chi connectivity index (χ3v) is 4.69. The van der Waals surface area contributed by atoms with Crippen LogP contribution in [-0.2, 0) is 0 Å². The van der Waals surface area contributed by atoms with E-state index in [9.17, 15) is 0 Å². The lowest BCUT2D eigenvalue weighted by molar-refractivity contribution is 0.281. The lowest BCUT2D eigenvalue weighted by atomic mass is 9.83. The summed E-state index contributed by atoms with van der Waals surface area (Å²) >= 11 is 0. The van der Waals surface area contributed by atoms with Crippen LogP contribution in [0.2, 0.25) is 0 Å². The first-order valence-electron chi connectivity index (χ1n) is 10.0. The second-order valence-corrected chi connectivity index (χ2v) is 6.53. The second-order valence-electron chi connectivity index (χ2n) is 6.53. The van der Waals surface area contributed by atoms with Gasteiger partial charge in [0.15, 0.2) is 0 Å². The van der Waals surface area contributed by atoms with Gasteiger partial charge in [0.05, 0.1) is 0 Å². The van der Waals surface area contributed by atoms with Gasteiger partial charge in [0.2, 0.25) is 0 Å². The summed E-state index contributed by atoms with van der Waals surface area (Å²) in [4.78, 5) is 0. The second kappa shape index (κ2) is 18.1. The van der Waals surface area contributed by atoms with Crippen LogP contribution in [0, 0.1) is 17.3 Å². The summed E-state index contributed by atoms with van der Waals surface area (Å²) in [6.45, 7) is 21.5. The highest BCUT2D eigenvalue weighted by molar-refractivity contribution is 4.81. The van der Waals surface area contributed by atoms with E-state index in [0.717, 1.165) is 11.8 Å². The van der Waals surface area contributed by atoms with E-state index in [4.69, 9.17) is 0 Å². The molecular weight excluding hydrogens is 252 g/mol. The van der Waals surface area contributed by atoms with Crippen molar-refractivity contribution in [3.63, 3.8) is 0 Å². The van der Waals surface area contributed by atoms with Crippen LogP contribution in [0.3, 0.4) is 0 Å². The van der Waals surface area contributed by atoms with E-state index < -0.39 is 0 Å². The molecule has 1 atom stereocenters. The Morgan fingerprint density at radius 1 is 0.619 bits per heavy atom. The summed E-state index contributed by atoms with van der Waals surface area (Å²) in [6, 6.07) is 0. The molecule has 2 fully saturated rings. The van der Waals surface area contributed by atoms with E-state index in [2.05, 4.69) is 27.7 Å². The van der Waals surface area contributed by atoms with Gasteiger partial charge in [0, 0.05) is 0 Å². The van der Waals surface area contributed by atoms with Crippen LogP contribution in [0.4, 0.5) is 0 Å². The molecule has 0 amide bonds. The Morgan fingerprint density at radius 2 is 1.05 bits per heavy atom. The molecule has 0 aromatic carbocycles. The summed E-state index contributed by atoms with van der Waals surface area (Å²) in [5.41, 5.74) is 0.653. The van der Waals surface area contributed by atoms with Gasteiger partial charge >= 0.3 is 0 Å². The van der Waals surface area contributed by atoms with Gasteiger partial charge in [-0.2, -0.15) is 0 Å². The van der Waals surface area contributed by atoms with Gasteiger partial charge < -0.3 is 0 Å². The average Bonchev–Trinajstić information content (AvgIpc) is 2.84. The molecule has 0 radical (unpaired) electrons. The van der Waals surface area contributed by atoms with Crippen molar-refractivity contribution in [3.8, 4) is 0 Å². The van der Waals surface area contributed by atoms with Crippen molar-refractivity contribution in [2.24, 2.45) is 17.3 Å². The first-order chi connectivity index (χ1) is 10.0. The lowest BCUT2D eigenvalue weighted by Gasteiger charge is -2.22. The summed E-state index contributed by atoms with van der Waals surface area (Å²) in [5.74, 6) is 2.00. The molecule has 0 nitrogen and oxygen atoms in total. The first kappa shape index (κ1) is 25.9. The van der Waals surface area contributed by atoms with Gasteiger partial charge in [-0.15, -0.1) is 0 Å². The quantitative estimate of drug-likeness (QED) is 0.420. The van der Waals surface area contributed by atoms with Crippen molar-refractivity contribution in [1.29, 1.82) is 0 Å². The maximum Gasteiger partial charge on any atom is -0.0329 e. The molecule has 2 rings (SSSR count). The Hall–Kier alpha value is 0. The Labute approximate surface area is 138 Å². The minimum absolute atomic E-state index is 0.653. The van der Waals surface area contributed by atoms with E-state index in [-0.39, 0.29) is 0 Å². The molecule has 0 aliphatic heterocycles. The van der Waals surface area contributed by atoms with Crippen LogP contribution in [0.25, 0.3) is 0 Å². The zero-order valence-corrected chi connectivity index (χ0v) is 17.3. The smallest absolute Gasteiger partial charge is 0.0329 e. The van der Waals surface area contributed by atoms with E-state index in [1.165, 1.54) is 51.4 Å². The zero-order chi connectivity index (χ0) is 17.3. The van der Waals surface area contributed by atoms with Crippen LogP contribution in [-0.4, -0.2) is 0 Å². The molecule has 0 aromatic rings. The monoisotopic (exact) mass is 300 g/mol. The maximum atomic E-state index is 2.38. The van der Waals surface area contributed by atoms with Crippen LogP contribution < -0.4 is 0 Å². The highest BCUT2D eigenvalue weighted by atomic mass is 14.4. The normalized spacial score (nSPS) is 22.9. The van der Waals surface area contributed by atoms with Crippen molar-refractivity contribution in [1.82, 2.24) is 0 Å².